The topological polar surface area (TPSA) is 60.6 Å². The summed E-state index contributed by atoms with van der Waals surface area (Å²) in [6.45, 7) is 2.68. The molecule has 0 unspecified atom stereocenters. The van der Waals surface area contributed by atoms with Crippen molar-refractivity contribution in [2.45, 2.75) is 12.6 Å². The molecule has 0 aliphatic carbocycles. The van der Waals surface area contributed by atoms with Crippen LogP contribution in [-0.2, 0) is 6.54 Å². The minimum absolute atomic E-state index is 0.168. The first-order valence-electron chi connectivity index (χ1n) is 10.7. The van der Waals surface area contributed by atoms with E-state index in [0.717, 1.165) is 47.9 Å². The van der Waals surface area contributed by atoms with E-state index in [1.165, 1.54) is 5.56 Å². The Morgan fingerprint density at radius 2 is 1.59 bits per heavy atom. The Bertz CT molecular complexity index is 1160. The van der Waals surface area contributed by atoms with Crippen LogP contribution >= 0.6 is 0 Å². The van der Waals surface area contributed by atoms with Gasteiger partial charge in [-0.1, -0.05) is 42.5 Å². The number of nitrogen functional groups attached to an aromatic ring is 1. The maximum Gasteiger partial charge on any atom is 0.213 e. The molecular formula is C27H25N3O2. The number of nitrogens with zero attached hydrogens (tertiary/aromatic N) is 2. The van der Waals surface area contributed by atoms with Crippen molar-refractivity contribution < 1.29 is 9.47 Å². The van der Waals surface area contributed by atoms with Crippen LogP contribution in [0.1, 0.15) is 5.56 Å². The molecule has 0 amide bonds. The average Bonchev–Trinajstić information content (AvgIpc) is 2.80. The highest BCUT2D eigenvalue weighted by Crippen LogP contribution is 2.25. The minimum atomic E-state index is 0.168. The summed E-state index contributed by atoms with van der Waals surface area (Å²) < 4.78 is 11.9. The van der Waals surface area contributed by atoms with Gasteiger partial charge in [0.1, 0.15) is 17.6 Å². The lowest BCUT2D eigenvalue weighted by Gasteiger charge is -2.38. The van der Waals surface area contributed by atoms with Crippen LogP contribution < -0.4 is 15.2 Å². The van der Waals surface area contributed by atoms with Crippen LogP contribution in [0.3, 0.4) is 0 Å². The van der Waals surface area contributed by atoms with Crippen molar-refractivity contribution in [2.24, 2.45) is 0 Å². The predicted molar refractivity (Wildman–Crippen MR) is 127 cm³/mol. The molecule has 5 rings (SSSR count). The molecule has 2 N–H and O–H groups in total. The first-order valence-corrected chi connectivity index (χ1v) is 10.7. The molecule has 1 aliphatic rings. The Kier molecular flexibility index (Phi) is 5.73. The number of hydrogen-bond donors (Lipinski definition) is 1. The monoisotopic (exact) mass is 423 g/mol. The smallest absolute Gasteiger partial charge is 0.213 e. The molecule has 32 heavy (non-hydrogen) atoms. The second-order valence-electron chi connectivity index (χ2n) is 8.00. The van der Waals surface area contributed by atoms with Gasteiger partial charge in [-0.05, 0) is 53.6 Å². The van der Waals surface area contributed by atoms with Gasteiger partial charge in [0.2, 0.25) is 5.88 Å². The predicted octanol–water partition coefficient (Wildman–Crippen LogP) is 5.39. The highest BCUT2D eigenvalue weighted by atomic mass is 16.5. The number of anilines is 1. The number of ether oxygens (including phenoxy) is 2. The molecular weight excluding hydrogens is 398 g/mol. The van der Waals surface area contributed by atoms with E-state index in [1.54, 1.807) is 0 Å². The Hall–Kier alpha value is -3.83. The van der Waals surface area contributed by atoms with Crippen molar-refractivity contribution in [2.75, 3.05) is 18.8 Å². The lowest BCUT2D eigenvalue weighted by Crippen LogP contribution is -2.53. The standard InChI is InChI=1S/C27H25N3O2/c28-23-6-4-5-21(15-23)22-11-14-27(29-16-22)32-26-18-30(19-26)17-20-9-12-25(13-10-20)31-24-7-2-1-3-8-24/h1-16,26H,17-19,28H2. The van der Waals surface area contributed by atoms with Gasteiger partial charge in [0.15, 0.2) is 0 Å². The van der Waals surface area contributed by atoms with Crippen molar-refractivity contribution in [3.8, 4) is 28.5 Å². The van der Waals surface area contributed by atoms with Gasteiger partial charge in [-0.2, -0.15) is 0 Å². The average molecular weight is 424 g/mol. The van der Waals surface area contributed by atoms with Gasteiger partial charge in [-0.15, -0.1) is 0 Å². The van der Waals surface area contributed by atoms with Crippen LogP contribution in [0.4, 0.5) is 5.69 Å². The molecule has 0 atom stereocenters. The van der Waals surface area contributed by atoms with E-state index < -0.39 is 0 Å². The highest BCUT2D eigenvalue weighted by Gasteiger charge is 2.28. The second kappa shape index (κ2) is 9.12. The normalized spacial score (nSPS) is 14.0. The zero-order valence-electron chi connectivity index (χ0n) is 17.7. The van der Waals surface area contributed by atoms with Crippen LogP contribution in [0.15, 0.2) is 97.2 Å². The molecule has 1 fully saturated rings. The van der Waals surface area contributed by atoms with Crippen molar-refractivity contribution >= 4 is 5.69 Å². The van der Waals surface area contributed by atoms with E-state index in [-0.39, 0.29) is 6.10 Å². The van der Waals surface area contributed by atoms with Crippen LogP contribution in [0, 0.1) is 0 Å². The van der Waals surface area contributed by atoms with E-state index >= 15 is 0 Å². The summed E-state index contributed by atoms with van der Waals surface area (Å²) in [7, 11) is 0. The summed E-state index contributed by atoms with van der Waals surface area (Å²) in [6.07, 6.45) is 2.00. The second-order valence-corrected chi connectivity index (χ2v) is 8.00. The quantitative estimate of drug-likeness (QED) is 0.404. The minimum Gasteiger partial charge on any atom is -0.472 e. The van der Waals surface area contributed by atoms with E-state index in [4.69, 9.17) is 15.2 Å². The van der Waals surface area contributed by atoms with Gasteiger partial charge in [0.25, 0.3) is 0 Å². The molecule has 0 bridgehead atoms. The summed E-state index contributed by atoms with van der Waals surface area (Å²) in [5.41, 5.74) is 9.95. The molecule has 1 aromatic heterocycles. The number of pyridine rings is 1. The Balaban J connectivity index is 1.09. The summed E-state index contributed by atoms with van der Waals surface area (Å²) >= 11 is 0. The van der Waals surface area contributed by atoms with Crippen molar-refractivity contribution in [1.29, 1.82) is 0 Å². The van der Waals surface area contributed by atoms with E-state index in [0.29, 0.717) is 5.88 Å². The number of likely N-dealkylation sites (tertiary alicyclic amines) is 1. The van der Waals surface area contributed by atoms with Crippen molar-refractivity contribution in [1.82, 2.24) is 9.88 Å². The van der Waals surface area contributed by atoms with Crippen LogP contribution in [0.2, 0.25) is 0 Å². The zero-order chi connectivity index (χ0) is 21.8. The lowest BCUT2D eigenvalue weighted by molar-refractivity contribution is 0.0118. The van der Waals surface area contributed by atoms with Gasteiger partial charge in [-0.3, -0.25) is 4.90 Å². The first kappa shape index (κ1) is 20.1. The third kappa shape index (κ3) is 4.90. The summed E-state index contributed by atoms with van der Waals surface area (Å²) in [5, 5.41) is 0. The number of benzene rings is 3. The molecule has 0 spiro atoms. The van der Waals surface area contributed by atoms with E-state index in [1.807, 2.05) is 85.1 Å². The van der Waals surface area contributed by atoms with Gasteiger partial charge in [-0.25, -0.2) is 4.98 Å². The van der Waals surface area contributed by atoms with E-state index in [2.05, 4.69) is 22.0 Å². The number of hydrogen-bond acceptors (Lipinski definition) is 5. The zero-order valence-corrected chi connectivity index (χ0v) is 17.7. The van der Waals surface area contributed by atoms with Gasteiger partial charge < -0.3 is 15.2 Å². The number of nitrogens with two attached hydrogens (primary N) is 1. The Morgan fingerprint density at radius 1 is 0.812 bits per heavy atom. The van der Waals surface area contributed by atoms with Gasteiger partial charge in [0, 0.05) is 43.1 Å². The number of rotatable bonds is 7. The first-order chi connectivity index (χ1) is 15.7. The van der Waals surface area contributed by atoms with Crippen LogP contribution in [0.25, 0.3) is 11.1 Å². The molecule has 0 saturated carbocycles. The summed E-state index contributed by atoms with van der Waals surface area (Å²) in [6, 6.07) is 29.8. The molecule has 1 aliphatic heterocycles. The molecule has 1 saturated heterocycles. The van der Waals surface area contributed by atoms with E-state index in [9.17, 15) is 0 Å². The number of aromatic nitrogens is 1. The van der Waals surface area contributed by atoms with Crippen molar-refractivity contribution in [3.63, 3.8) is 0 Å². The molecule has 4 aromatic rings. The maximum absolute atomic E-state index is 6.02. The van der Waals surface area contributed by atoms with Crippen LogP contribution in [0.5, 0.6) is 17.4 Å². The Morgan fingerprint density at radius 3 is 2.31 bits per heavy atom. The van der Waals surface area contributed by atoms with Crippen LogP contribution in [-0.4, -0.2) is 29.1 Å². The third-order valence-electron chi connectivity index (χ3n) is 5.48. The molecule has 3 aromatic carbocycles. The molecule has 160 valence electrons. The highest BCUT2D eigenvalue weighted by molar-refractivity contribution is 5.66. The summed E-state index contributed by atoms with van der Waals surface area (Å²) in [5.74, 6) is 2.35. The fourth-order valence-electron chi connectivity index (χ4n) is 3.78. The number of para-hydroxylation sites is 1. The SMILES string of the molecule is Nc1cccc(-c2ccc(OC3CN(Cc4ccc(Oc5ccccc5)cc4)C3)nc2)c1. The molecule has 0 radical (unpaired) electrons. The fourth-order valence-corrected chi connectivity index (χ4v) is 3.78. The molecule has 5 heteroatoms. The van der Waals surface area contributed by atoms with Gasteiger partial charge >= 0.3 is 0 Å². The largest absolute Gasteiger partial charge is 0.472 e. The Labute approximate surface area is 188 Å². The molecule has 5 nitrogen and oxygen atoms in total. The van der Waals surface area contributed by atoms with Gasteiger partial charge in [0.05, 0.1) is 0 Å². The maximum atomic E-state index is 6.02. The lowest BCUT2D eigenvalue weighted by atomic mass is 10.1. The third-order valence-corrected chi connectivity index (χ3v) is 5.48. The summed E-state index contributed by atoms with van der Waals surface area (Å²) in [4.78, 5) is 6.82. The fraction of sp³-hybridized carbons (Fsp3) is 0.148. The molecule has 2 heterocycles. The van der Waals surface area contributed by atoms with Crippen molar-refractivity contribution in [3.05, 3.63) is 103 Å².